The summed E-state index contributed by atoms with van der Waals surface area (Å²) in [5, 5.41) is 15.7. The van der Waals surface area contributed by atoms with Crippen LogP contribution in [0.4, 0.5) is 0 Å². The maximum atomic E-state index is 8.69. The molecule has 0 aromatic carbocycles. The number of aliphatic hydroxyl groups excluding tert-OH is 1. The lowest BCUT2D eigenvalue weighted by Gasteiger charge is -2.24. The van der Waals surface area contributed by atoms with Crippen LogP contribution < -0.4 is 10.6 Å². The largest absolute Gasteiger partial charge is 0.396 e. The molecule has 0 rings (SSSR count). The maximum absolute atomic E-state index is 8.69. The minimum Gasteiger partial charge on any atom is -0.396 e. The number of aliphatic hydroxyl groups is 1. The Morgan fingerprint density at radius 2 is 1.40 bits per heavy atom. The zero-order valence-electron chi connectivity index (χ0n) is 10.7. The van der Waals surface area contributed by atoms with E-state index in [2.05, 4.69) is 38.3 Å². The first-order valence-corrected chi connectivity index (χ1v) is 6.19. The summed E-state index contributed by atoms with van der Waals surface area (Å²) in [5.41, 5.74) is 0. The van der Waals surface area contributed by atoms with Gasteiger partial charge in [0.05, 0.1) is 6.17 Å². The molecule has 92 valence electrons. The van der Waals surface area contributed by atoms with Crippen molar-refractivity contribution in [3.63, 3.8) is 0 Å². The van der Waals surface area contributed by atoms with E-state index in [0.717, 1.165) is 19.3 Å². The quantitative estimate of drug-likeness (QED) is 0.407. The number of hydrogen-bond acceptors (Lipinski definition) is 3. The van der Waals surface area contributed by atoms with Crippen molar-refractivity contribution in [3.05, 3.63) is 0 Å². The highest BCUT2D eigenvalue weighted by Gasteiger charge is 2.09. The molecule has 0 saturated carbocycles. The van der Waals surface area contributed by atoms with E-state index in [1.165, 1.54) is 6.42 Å². The molecule has 0 heterocycles. The molecule has 0 unspecified atom stereocenters. The minimum absolute atomic E-state index is 0.319. The van der Waals surface area contributed by atoms with Crippen LogP contribution in [0.3, 0.4) is 0 Å². The summed E-state index contributed by atoms with van der Waals surface area (Å²) in [7, 11) is 0. The van der Waals surface area contributed by atoms with Crippen molar-refractivity contribution in [2.75, 3.05) is 6.61 Å². The fourth-order valence-corrected chi connectivity index (χ4v) is 1.66. The molecule has 0 spiro atoms. The fraction of sp³-hybridized carbons (Fsp3) is 1.00. The normalized spacial score (nSPS) is 12.0. The second-order valence-corrected chi connectivity index (χ2v) is 4.77. The predicted octanol–water partition coefficient (Wildman–Crippen LogP) is 1.86. The molecule has 0 aliphatic rings. The van der Waals surface area contributed by atoms with Crippen molar-refractivity contribution < 1.29 is 5.11 Å². The van der Waals surface area contributed by atoms with Gasteiger partial charge in [-0.1, -0.05) is 12.8 Å². The molecule has 3 nitrogen and oxygen atoms in total. The second-order valence-electron chi connectivity index (χ2n) is 4.77. The predicted molar refractivity (Wildman–Crippen MR) is 65.9 cm³/mol. The standard InChI is InChI=1S/C12H28N2O/c1-10(2)13-12(14-11(3)4)8-6-5-7-9-15/h10-15H,5-9H2,1-4H3. The van der Waals surface area contributed by atoms with E-state index >= 15 is 0 Å². The van der Waals surface area contributed by atoms with Crippen molar-refractivity contribution in [1.29, 1.82) is 0 Å². The summed E-state index contributed by atoms with van der Waals surface area (Å²) < 4.78 is 0. The molecule has 15 heavy (non-hydrogen) atoms. The Labute approximate surface area is 94.6 Å². The van der Waals surface area contributed by atoms with Crippen molar-refractivity contribution in [1.82, 2.24) is 10.6 Å². The van der Waals surface area contributed by atoms with Crippen LogP contribution in [-0.2, 0) is 0 Å². The van der Waals surface area contributed by atoms with Crippen LogP contribution >= 0.6 is 0 Å². The molecule has 0 fully saturated rings. The Hall–Kier alpha value is -0.120. The highest BCUT2D eigenvalue weighted by Crippen LogP contribution is 2.03. The van der Waals surface area contributed by atoms with Gasteiger partial charge in [0, 0.05) is 18.7 Å². The van der Waals surface area contributed by atoms with Crippen LogP contribution in [0.2, 0.25) is 0 Å². The van der Waals surface area contributed by atoms with E-state index in [1.807, 2.05) is 0 Å². The van der Waals surface area contributed by atoms with Gasteiger partial charge in [-0.15, -0.1) is 0 Å². The van der Waals surface area contributed by atoms with Gasteiger partial charge in [0.1, 0.15) is 0 Å². The van der Waals surface area contributed by atoms with Gasteiger partial charge >= 0.3 is 0 Å². The van der Waals surface area contributed by atoms with Gasteiger partial charge < -0.3 is 5.11 Å². The Kier molecular flexibility index (Phi) is 9.06. The van der Waals surface area contributed by atoms with Crippen LogP contribution in [0.15, 0.2) is 0 Å². The Balaban J connectivity index is 3.69. The fourth-order valence-electron chi connectivity index (χ4n) is 1.66. The summed E-state index contributed by atoms with van der Waals surface area (Å²) in [4.78, 5) is 0. The van der Waals surface area contributed by atoms with Crippen molar-refractivity contribution in [2.24, 2.45) is 0 Å². The molecule has 0 aliphatic heterocycles. The average molecular weight is 216 g/mol. The third-order valence-electron chi connectivity index (χ3n) is 2.22. The molecule has 0 saturated heterocycles. The van der Waals surface area contributed by atoms with Crippen LogP contribution in [0.25, 0.3) is 0 Å². The topological polar surface area (TPSA) is 44.3 Å². The smallest absolute Gasteiger partial charge is 0.0575 e. The monoisotopic (exact) mass is 216 g/mol. The van der Waals surface area contributed by atoms with Crippen molar-refractivity contribution in [3.8, 4) is 0 Å². The first-order valence-electron chi connectivity index (χ1n) is 6.19. The summed E-state index contributed by atoms with van der Waals surface area (Å²) in [6.45, 7) is 9.00. The van der Waals surface area contributed by atoms with E-state index in [-0.39, 0.29) is 0 Å². The van der Waals surface area contributed by atoms with Crippen molar-refractivity contribution >= 4 is 0 Å². The van der Waals surface area contributed by atoms with Crippen molar-refractivity contribution in [2.45, 2.75) is 71.6 Å². The zero-order chi connectivity index (χ0) is 11.7. The molecule has 0 amide bonds. The van der Waals surface area contributed by atoms with Gasteiger partial charge in [0.2, 0.25) is 0 Å². The molecule has 0 bridgehead atoms. The molecule has 0 radical (unpaired) electrons. The van der Waals surface area contributed by atoms with Gasteiger partial charge in [-0.05, 0) is 40.5 Å². The van der Waals surface area contributed by atoms with E-state index in [4.69, 9.17) is 5.11 Å². The van der Waals surface area contributed by atoms with Crippen LogP contribution in [-0.4, -0.2) is 30.0 Å². The van der Waals surface area contributed by atoms with E-state index in [1.54, 1.807) is 0 Å². The number of unbranched alkanes of at least 4 members (excludes halogenated alkanes) is 2. The molecule has 0 aromatic rings. The molecular weight excluding hydrogens is 188 g/mol. The van der Waals surface area contributed by atoms with Gasteiger partial charge in [0.15, 0.2) is 0 Å². The third kappa shape index (κ3) is 10.2. The summed E-state index contributed by atoms with van der Waals surface area (Å²) in [6.07, 6.45) is 4.76. The Morgan fingerprint density at radius 3 is 1.80 bits per heavy atom. The molecule has 3 heteroatoms. The maximum Gasteiger partial charge on any atom is 0.0575 e. The lowest BCUT2D eigenvalue weighted by Crippen LogP contribution is -2.48. The first-order chi connectivity index (χ1) is 7.06. The molecular formula is C12H28N2O. The summed E-state index contributed by atoms with van der Waals surface area (Å²) in [6, 6.07) is 1.03. The first kappa shape index (κ1) is 14.9. The van der Waals surface area contributed by atoms with E-state index in [0.29, 0.717) is 24.9 Å². The summed E-state index contributed by atoms with van der Waals surface area (Å²) >= 11 is 0. The number of rotatable bonds is 9. The Bertz CT molecular complexity index is 128. The lowest BCUT2D eigenvalue weighted by atomic mass is 10.1. The third-order valence-corrected chi connectivity index (χ3v) is 2.22. The molecule has 3 N–H and O–H groups in total. The van der Waals surface area contributed by atoms with Gasteiger partial charge in [-0.25, -0.2) is 0 Å². The lowest BCUT2D eigenvalue weighted by molar-refractivity contribution is 0.277. The number of nitrogens with one attached hydrogen (secondary N) is 2. The SMILES string of the molecule is CC(C)NC(CCCCCO)NC(C)C. The molecule has 0 aromatic heterocycles. The average Bonchev–Trinajstić information content (AvgIpc) is 2.10. The van der Waals surface area contributed by atoms with Gasteiger partial charge in [-0.3, -0.25) is 10.6 Å². The second kappa shape index (κ2) is 9.13. The molecule has 0 atom stereocenters. The van der Waals surface area contributed by atoms with Crippen LogP contribution in [0, 0.1) is 0 Å². The van der Waals surface area contributed by atoms with Crippen LogP contribution in [0.5, 0.6) is 0 Å². The summed E-state index contributed by atoms with van der Waals surface area (Å²) in [5.74, 6) is 0. The zero-order valence-corrected chi connectivity index (χ0v) is 10.7. The van der Waals surface area contributed by atoms with Gasteiger partial charge in [-0.2, -0.15) is 0 Å². The van der Waals surface area contributed by atoms with Crippen LogP contribution in [0.1, 0.15) is 53.4 Å². The van der Waals surface area contributed by atoms with Gasteiger partial charge in [0.25, 0.3) is 0 Å². The molecule has 0 aliphatic carbocycles. The number of hydrogen-bond donors (Lipinski definition) is 3. The van der Waals surface area contributed by atoms with E-state index in [9.17, 15) is 0 Å². The highest BCUT2D eigenvalue weighted by molar-refractivity contribution is 4.69. The van der Waals surface area contributed by atoms with E-state index < -0.39 is 0 Å². The Morgan fingerprint density at radius 1 is 0.867 bits per heavy atom. The highest BCUT2D eigenvalue weighted by atomic mass is 16.2. The minimum atomic E-state index is 0.319.